The van der Waals surface area contributed by atoms with Crippen LogP contribution < -0.4 is 16.2 Å². The molecular weight excluding hydrogens is 288 g/mol. The molecule has 0 saturated carbocycles. The fraction of sp³-hybridized carbons (Fsp3) is 0.444. The normalized spacial score (nSPS) is 22.3. The van der Waals surface area contributed by atoms with E-state index in [2.05, 4.69) is 34.1 Å². The zero-order chi connectivity index (χ0) is 16.0. The second kappa shape index (κ2) is 5.20. The second-order valence-corrected chi connectivity index (χ2v) is 6.84. The summed E-state index contributed by atoms with van der Waals surface area (Å²) >= 11 is 0. The van der Waals surface area contributed by atoms with E-state index in [1.165, 1.54) is 17.2 Å². The third kappa shape index (κ3) is 2.18. The number of piperidine rings is 1. The van der Waals surface area contributed by atoms with E-state index in [-0.39, 0.29) is 17.0 Å². The van der Waals surface area contributed by atoms with E-state index in [9.17, 15) is 4.79 Å². The average molecular weight is 310 g/mol. The summed E-state index contributed by atoms with van der Waals surface area (Å²) < 4.78 is 1.63. The van der Waals surface area contributed by atoms with Crippen LogP contribution in [0.4, 0.5) is 5.95 Å². The Bertz CT molecular complexity index is 790. The molecule has 1 fully saturated rings. The molecule has 1 aromatic heterocycles. The molecule has 4 rings (SSSR count). The van der Waals surface area contributed by atoms with Crippen molar-refractivity contribution in [3.05, 3.63) is 58.0 Å². The minimum absolute atomic E-state index is 0.0136. The van der Waals surface area contributed by atoms with Crippen LogP contribution >= 0.6 is 0 Å². The largest absolute Gasteiger partial charge is 0.342 e. The number of rotatable bonds is 1. The number of aromatic nitrogens is 2. The van der Waals surface area contributed by atoms with Gasteiger partial charge in [0.2, 0.25) is 5.95 Å². The van der Waals surface area contributed by atoms with Gasteiger partial charge in [0.05, 0.1) is 0 Å². The summed E-state index contributed by atoms with van der Waals surface area (Å²) in [6.07, 6.45) is 4.74. The Kier molecular flexibility index (Phi) is 3.27. The van der Waals surface area contributed by atoms with Crippen LogP contribution in [0.2, 0.25) is 0 Å². The van der Waals surface area contributed by atoms with Crippen LogP contribution in [-0.2, 0) is 13.5 Å². The molecule has 1 atom stereocenters. The van der Waals surface area contributed by atoms with E-state index < -0.39 is 0 Å². The molecule has 2 N–H and O–H groups in total. The highest BCUT2D eigenvalue weighted by atomic mass is 16.1. The number of nitrogens with zero attached hydrogens (tertiary/aromatic N) is 3. The van der Waals surface area contributed by atoms with E-state index in [1.807, 2.05) is 0 Å². The predicted molar refractivity (Wildman–Crippen MR) is 90.4 cm³/mol. The minimum Gasteiger partial charge on any atom is -0.342 e. The SMILES string of the molecule is Cn1c(N2CCC3(CC2)Cc2ccccc2C3N)nccc1=O. The molecule has 1 aliphatic heterocycles. The maximum atomic E-state index is 11.8. The standard InChI is InChI=1S/C18H22N4O/c1-21-15(23)6-9-20-17(21)22-10-7-18(8-11-22)12-13-4-2-3-5-14(13)16(18)19/h2-6,9,16H,7-8,10-12,19H2,1H3. The molecule has 1 saturated heterocycles. The molecule has 23 heavy (non-hydrogen) atoms. The molecule has 1 aromatic carbocycles. The van der Waals surface area contributed by atoms with Gasteiger partial charge in [-0.25, -0.2) is 4.98 Å². The number of hydrogen-bond acceptors (Lipinski definition) is 4. The average Bonchev–Trinajstić information content (AvgIpc) is 2.84. The summed E-state index contributed by atoms with van der Waals surface area (Å²) in [6, 6.07) is 10.2. The van der Waals surface area contributed by atoms with E-state index in [0.717, 1.165) is 38.3 Å². The number of benzene rings is 1. The molecule has 0 amide bonds. The summed E-state index contributed by atoms with van der Waals surface area (Å²) in [5.74, 6) is 0.761. The third-order valence-electron chi connectivity index (χ3n) is 5.67. The van der Waals surface area contributed by atoms with Gasteiger partial charge in [-0.3, -0.25) is 9.36 Å². The lowest BCUT2D eigenvalue weighted by Gasteiger charge is -2.42. The molecule has 5 nitrogen and oxygen atoms in total. The maximum Gasteiger partial charge on any atom is 0.254 e. The molecule has 0 bridgehead atoms. The molecular formula is C18H22N4O. The fourth-order valence-electron chi connectivity index (χ4n) is 4.22. The van der Waals surface area contributed by atoms with Crippen LogP contribution in [0.25, 0.3) is 0 Å². The van der Waals surface area contributed by atoms with Gasteiger partial charge in [-0.2, -0.15) is 0 Å². The van der Waals surface area contributed by atoms with Crippen LogP contribution in [0.3, 0.4) is 0 Å². The van der Waals surface area contributed by atoms with E-state index in [1.54, 1.807) is 17.8 Å². The van der Waals surface area contributed by atoms with E-state index in [4.69, 9.17) is 5.73 Å². The van der Waals surface area contributed by atoms with Gasteiger partial charge in [0.15, 0.2) is 0 Å². The van der Waals surface area contributed by atoms with Gasteiger partial charge in [-0.15, -0.1) is 0 Å². The highest BCUT2D eigenvalue weighted by molar-refractivity contribution is 5.40. The molecule has 2 aliphatic rings. The summed E-state index contributed by atoms with van der Waals surface area (Å²) in [5.41, 5.74) is 9.46. The molecule has 2 heterocycles. The van der Waals surface area contributed by atoms with Crippen molar-refractivity contribution in [2.24, 2.45) is 18.2 Å². The smallest absolute Gasteiger partial charge is 0.254 e. The van der Waals surface area contributed by atoms with Gasteiger partial charge in [-0.05, 0) is 35.8 Å². The van der Waals surface area contributed by atoms with Crippen molar-refractivity contribution in [1.82, 2.24) is 9.55 Å². The minimum atomic E-state index is -0.0136. The molecule has 0 radical (unpaired) electrons. The monoisotopic (exact) mass is 310 g/mol. The number of nitrogens with two attached hydrogens (primary N) is 1. The Morgan fingerprint density at radius 1 is 1.22 bits per heavy atom. The molecule has 120 valence electrons. The van der Waals surface area contributed by atoms with Crippen molar-refractivity contribution in [3.63, 3.8) is 0 Å². The van der Waals surface area contributed by atoms with Gasteiger partial charge in [0.25, 0.3) is 5.56 Å². The van der Waals surface area contributed by atoms with Gasteiger partial charge in [-0.1, -0.05) is 24.3 Å². The summed E-state index contributed by atoms with van der Waals surface area (Å²) in [4.78, 5) is 18.4. The number of fused-ring (bicyclic) bond motifs is 1. The van der Waals surface area contributed by atoms with Crippen LogP contribution in [-0.4, -0.2) is 22.6 Å². The van der Waals surface area contributed by atoms with Crippen molar-refractivity contribution in [2.45, 2.75) is 25.3 Å². The quantitative estimate of drug-likeness (QED) is 0.869. The van der Waals surface area contributed by atoms with Crippen LogP contribution in [0, 0.1) is 5.41 Å². The molecule has 1 unspecified atom stereocenters. The Labute approximate surface area is 135 Å². The van der Waals surface area contributed by atoms with Gasteiger partial charge in [0.1, 0.15) is 0 Å². The van der Waals surface area contributed by atoms with Gasteiger partial charge >= 0.3 is 0 Å². The highest BCUT2D eigenvalue weighted by Crippen LogP contribution is 2.50. The first kappa shape index (κ1) is 14.5. The summed E-state index contributed by atoms with van der Waals surface area (Å²) in [7, 11) is 1.78. The molecule has 5 heteroatoms. The van der Waals surface area contributed by atoms with Crippen molar-refractivity contribution >= 4 is 5.95 Å². The Morgan fingerprint density at radius 3 is 2.70 bits per heavy atom. The lowest BCUT2D eigenvalue weighted by atomic mass is 9.73. The summed E-state index contributed by atoms with van der Waals surface area (Å²) in [6.45, 7) is 1.79. The van der Waals surface area contributed by atoms with Crippen LogP contribution in [0.5, 0.6) is 0 Å². The first-order chi connectivity index (χ1) is 11.1. The van der Waals surface area contributed by atoms with Crippen molar-refractivity contribution in [2.75, 3.05) is 18.0 Å². The maximum absolute atomic E-state index is 11.8. The Balaban J connectivity index is 1.56. The van der Waals surface area contributed by atoms with E-state index >= 15 is 0 Å². The highest BCUT2D eigenvalue weighted by Gasteiger charge is 2.46. The molecule has 1 aliphatic carbocycles. The van der Waals surface area contributed by atoms with Crippen molar-refractivity contribution < 1.29 is 0 Å². The lowest BCUT2D eigenvalue weighted by Crippen LogP contribution is -2.46. The topological polar surface area (TPSA) is 64.2 Å². The number of anilines is 1. The van der Waals surface area contributed by atoms with Gasteiger partial charge < -0.3 is 10.6 Å². The summed E-state index contributed by atoms with van der Waals surface area (Å²) in [5, 5.41) is 0. The second-order valence-electron chi connectivity index (χ2n) is 6.84. The van der Waals surface area contributed by atoms with Gasteiger partial charge in [0, 0.05) is 38.4 Å². The van der Waals surface area contributed by atoms with E-state index in [0.29, 0.717) is 0 Å². The van der Waals surface area contributed by atoms with Crippen LogP contribution in [0.15, 0.2) is 41.3 Å². The zero-order valence-corrected chi connectivity index (χ0v) is 13.4. The first-order valence-corrected chi connectivity index (χ1v) is 8.21. The van der Waals surface area contributed by atoms with Crippen molar-refractivity contribution in [3.8, 4) is 0 Å². The Morgan fingerprint density at radius 2 is 1.96 bits per heavy atom. The first-order valence-electron chi connectivity index (χ1n) is 8.21. The van der Waals surface area contributed by atoms with Crippen molar-refractivity contribution in [1.29, 1.82) is 0 Å². The molecule has 2 aromatic rings. The Hall–Kier alpha value is -2.14. The number of hydrogen-bond donors (Lipinski definition) is 1. The lowest BCUT2D eigenvalue weighted by molar-refractivity contribution is 0.186. The fourth-order valence-corrected chi connectivity index (χ4v) is 4.22. The molecule has 1 spiro atoms. The van der Waals surface area contributed by atoms with Crippen LogP contribution in [0.1, 0.15) is 30.0 Å². The predicted octanol–water partition coefficient (Wildman–Crippen LogP) is 1.62. The third-order valence-corrected chi connectivity index (χ3v) is 5.67. The zero-order valence-electron chi connectivity index (χ0n) is 13.4.